The molecule has 6 heteroatoms. The lowest BCUT2D eigenvalue weighted by Crippen LogP contribution is -2.32. The van der Waals surface area contributed by atoms with Crippen LogP contribution in [0.4, 0.5) is 10.1 Å². The Morgan fingerprint density at radius 1 is 1.19 bits per heavy atom. The molecule has 2 unspecified atom stereocenters. The van der Waals surface area contributed by atoms with Crippen LogP contribution in [0.1, 0.15) is 49.3 Å². The van der Waals surface area contributed by atoms with E-state index in [2.05, 4.69) is 21.2 Å². The van der Waals surface area contributed by atoms with Crippen LogP contribution in [-0.2, 0) is 4.79 Å². The molecule has 0 saturated heterocycles. The Balaban J connectivity index is 1.24. The molecule has 0 aliphatic heterocycles. The molecule has 0 radical (unpaired) electrons. The molecule has 4 atom stereocenters. The molecule has 2 aromatic heterocycles. The van der Waals surface area contributed by atoms with Crippen molar-refractivity contribution in [2.24, 2.45) is 11.8 Å². The molecule has 0 spiro atoms. The molecule has 0 bridgehead atoms. The third kappa shape index (κ3) is 3.96. The van der Waals surface area contributed by atoms with Crippen LogP contribution in [0, 0.1) is 30.0 Å². The number of pyridine rings is 2. The zero-order chi connectivity index (χ0) is 22.3. The van der Waals surface area contributed by atoms with Gasteiger partial charge in [0, 0.05) is 11.6 Å². The minimum Gasteiger partial charge on any atom is -0.389 e. The normalized spacial score (nSPS) is 26.6. The maximum Gasteiger partial charge on any atom is 0.227 e. The fourth-order valence-electron chi connectivity index (χ4n) is 5.72. The number of terminal acetylenes is 1. The number of nitrogens with zero attached hydrogens (tertiary/aromatic N) is 2. The largest absolute Gasteiger partial charge is 0.389 e. The predicted octanol–water partition coefficient (Wildman–Crippen LogP) is 4.41. The topological polar surface area (TPSA) is 75.1 Å². The smallest absolute Gasteiger partial charge is 0.227 e. The predicted molar refractivity (Wildman–Crippen MR) is 120 cm³/mol. The number of amides is 1. The van der Waals surface area contributed by atoms with Crippen LogP contribution in [0.25, 0.3) is 10.9 Å². The molecule has 1 aromatic carbocycles. The zero-order valence-corrected chi connectivity index (χ0v) is 17.6. The van der Waals surface area contributed by atoms with Crippen molar-refractivity contribution in [2.45, 2.75) is 43.6 Å². The number of aromatic nitrogens is 2. The van der Waals surface area contributed by atoms with Crippen molar-refractivity contribution in [3.05, 3.63) is 65.9 Å². The van der Waals surface area contributed by atoms with Gasteiger partial charge in [0.05, 0.1) is 29.4 Å². The molecule has 2 aliphatic rings. The van der Waals surface area contributed by atoms with Gasteiger partial charge in [0.15, 0.2) is 0 Å². The molecule has 2 saturated carbocycles. The number of carbonyl (C=O) groups excluding carboxylic acids is 1. The number of hydrogen-bond donors (Lipinski definition) is 2. The van der Waals surface area contributed by atoms with Crippen molar-refractivity contribution < 1.29 is 14.3 Å². The van der Waals surface area contributed by atoms with E-state index in [0.717, 1.165) is 29.3 Å². The van der Waals surface area contributed by atoms with Gasteiger partial charge in [-0.15, -0.1) is 6.42 Å². The average Bonchev–Trinajstić information content (AvgIpc) is 3.28. The quantitative estimate of drug-likeness (QED) is 0.603. The van der Waals surface area contributed by atoms with Crippen LogP contribution in [0.2, 0.25) is 0 Å². The van der Waals surface area contributed by atoms with Gasteiger partial charge in [-0.3, -0.25) is 9.78 Å². The summed E-state index contributed by atoms with van der Waals surface area (Å²) in [6, 6.07) is 10.1. The van der Waals surface area contributed by atoms with Gasteiger partial charge in [0.2, 0.25) is 5.91 Å². The monoisotopic (exact) mass is 429 g/mol. The van der Waals surface area contributed by atoms with Crippen LogP contribution in [0.5, 0.6) is 0 Å². The Morgan fingerprint density at radius 2 is 1.97 bits per heavy atom. The number of nitrogens with one attached hydrogen (secondary N) is 1. The van der Waals surface area contributed by atoms with Gasteiger partial charge in [0.1, 0.15) is 11.5 Å². The maximum atomic E-state index is 13.8. The zero-order valence-electron chi connectivity index (χ0n) is 17.6. The van der Waals surface area contributed by atoms with Crippen LogP contribution in [-0.4, -0.2) is 26.6 Å². The van der Waals surface area contributed by atoms with Gasteiger partial charge in [-0.1, -0.05) is 5.92 Å². The Morgan fingerprint density at radius 3 is 2.66 bits per heavy atom. The standard InChI is InChI=1S/C26H24FN3O2/c1-2-20-4-5-21(15-29-20)30-25(31)14-26(32)12-17-9-16(10-18(17)13-26)22-7-8-28-24-6-3-19(27)11-23(22)24/h1,3-8,11,15-18,32H,9-10,12-14H2,(H,30,31)/t16?,17-,18+,26?. The molecule has 32 heavy (non-hydrogen) atoms. The van der Waals surface area contributed by atoms with Crippen molar-refractivity contribution in [2.75, 3.05) is 5.32 Å². The maximum absolute atomic E-state index is 13.8. The van der Waals surface area contributed by atoms with Gasteiger partial charge >= 0.3 is 0 Å². The summed E-state index contributed by atoms with van der Waals surface area (Å²) in [4.78, 5) is 21.0. The van der Waals surface area contributed by atoms with E-state index in [-0.39, 0.29) is 18.1 Å². The minimum atomic E-state index is -0.997. The van der Waals surface area contributed by atoms with Crippen LogP contribution < -0.4 is 5.32 Å². The van der Waals surface area contributed by atoms with Gasteiger partial charge in [-0.25, -0.2) is 9.37 Å². The van der Waals surface area contributed by atoms with Crippen molar-refractivity contribution in [3.63, 3.8) is 0 Å². The summed E-state index contributed by atoms with van der Waals surface area (Å²) in [6.07, 6.45) is 11.7. The molecule has 2 N–H and O–H groups in total. The second kappa shape index (κ2) is 7.99. The highest BCUT2D eigenvalue weighted by molar-refractivity contribution is 5.91. The van der Waals surface area contributed by atoms with Gasteiger partial charge in [-0.2, -0.15) is 0 Å². The number of fused-ring (bicyclic) bond motifs is 2. The number of rotatable bonds is 4. The lowest BCUT2D eigenvalue weighted by molar-refractivity contribution is -0.121. The second-order valence-electron chi connectivity index (χ2n) is 9.18. The van der Waals surface area contributed by atoms with Crippen molar-refractivity contribution >= 4 is 22.5 Å². The highest BCUT2D eigenvalue weighted by Gasteiger charge is 2.49. The third-order valence-corrected chi connectivity index (χ3v) is 6.99. The van der Waals surface area contributed by atoms with Crippen molar-refractivity contribution in [1.82, 2.24) is 9.97 Å². The van der Waals surface area contributed by atoms with Gasteiger partial charge < -0.3 is 10.4 Å². The number of anilines is 1. The van der Waals surface area contributed by atoms with E-state index in [1.807, 2.05) is 6.07 Å². The number of benzene rings is 1. The van der Waals surface area contributed by atoms with E-state index >= 15 is 0 Å². The number of halogens is 1. The summed E-state index contributed by atoms with van der Waals surface area (Å²) in [5.41, 5.74) is 2.01. The van der Waals surface area contributed by atoms with Crippen LogP contribution >= 0.6 is 0 Å². The molecular formula is C26H24FN3O2. The first kappa shape index (κ1) is 20.6. The summed E-state index contributed by atoms with van der Waals surface area (Å²) >= 11 is 0. The molecule has 2 fully saturated rings. The van der Waals surface area contributed by atoms with E-state index in [4.69, 9.17) is 6.42 Å². The van der Waals surface area contributed by atoms with Gasteiger partial charge in [-0.05, 0) is 85.4 Å². The minimum absolute atomic E-state index is 0.0605. The highest BCUT2D eigenvalue weighted by atomic mass is 19.1. The summed E-state index contributed by atoms with van der Waals surface area (Å²) in [7, 11) is 0. The molecule has 3 aromatic rings. The third-order valence-electron chi connectivity index (χ3n) is 6.99. The average molecular weight is 429 g/mol. The summed E-state index contributed by atoms with van der Waals surface area (Å²) in [5, 5.41) is 14.8. The number of aliphatic hydroxyl groups is 1. The molecule has 2 heterocycles. The van der Waals surface area contributed by atoms with E-state index in [1.165, 1.54) is 12.3 Å². The van der Waals surface area contributed by atoms with Gasteiger partial charge in [0.25, 0.3) is 0 Å². The summed E-state index contributed by atoms with van der Waals surface area (Å²) < 4.78 is 13.8. The molecule has 2 aliphatic carbocycles. The highest BCUT2D eigenvalue weighted by Crippen LogP contribution is 2.55. The fraction of sp³-hybridized carbons (Fsp3) is 0.346. The Bertz CT molecular complexity index is 1200. The Labute approximate surface area is 186 Å². The molecular weight excluding hydrogens is 405 g/mol. The SMILES string of the molecule is C#Cc1ccc(NC(=O)CC2(O)C[C@H]3CC(c4ccnc5ccc(F)cc45)C[C@H]3C2)cn1. The van der Waals surface area contributed by atoms with Crippen LogP contribution in [0.15, 0.2) is 48.8 Å². The number of carbonyl (C=O) groups is 1. The molecule has 5 nitrogen and oxygen atoms in total. The molecule has 1 amide bonds. The first-order chi connectivity index (χ1) is 15.4. The van der Waals surface area contributed by atoms with E-state index in [0.29, 0.717) is 42.0 Å². The lowest BCUT2D eigenvalue weighted by Gasteiger charge is -2.24. The van der Waals surface area contributed by atoms with Crippen molar-refractivity contribution in [1.29, 1.82) is 0 Å². The molecule has 162 valence electrons. The molecule has 5 rings (SSSR count). The Hall–Kier alpha value is -3.30. The van der Waals surface area contributed by atoms with Crippen molar-refractivity contribution in [3.8, 4) is 12.3 Å². The summed E-state index contributed by atoms with van der Waals surface area (Å²) in [5.74, 6) is 2.98. The van der Waals surface area contributed by atoms with E-state index in [9.17, 15) is 14.3 Å². The van der Waals surface area contributed by atoms with E-state index < -0.39 is 5.60 Å². The first-order valence-electron chi connectivity index (χ1n) is 10.9. The lowest BCUT2D eigenvalue weighted by atomic mass is 9.87. The van der Waals surface area contributed by atoms with Crippen LogP contribution in [0.3, 0.4) is 0 Å². The van der Waals surface area contributed by atoms with E-state index in [1.54, 1.807) is 30.5 Å². The first-order valence-corrected chi connectivity index (χ1v) is 10.9. The summed E-state index contributed by atoms with van der Waals surface area (Å²) in [6.45, 7) is 0. The second-order valence-corrected chi connectivity index (χ2v) is 9.18. The fourth-order valence-corrected chi connectivity index (χ4v) is 5.72. The Kier molecular flexibility index (Phi) is 5.15. The number of hydrogen-bond acceptors (Lipinski definition) is 4.